The molecule has 80 valence electrons. The van der Waals surface area contributed by atoms with Crippen molar-refractivity contribution in [3.05, 3.63) is 12.7 Å². The van der Waals surface area contributed by atoms with Crippen LogP contribution in [0.1, 0.15) is 0 Å². The molecule has 1 amide bonds. The maximum atomic E-state index is 10.8. The Hall–Kier alpha value is -1.56. The van der Waals surface area contributed by atoms with Crippen LogP contribution in [0, 0.1) is 0 Å². The van der Waals surface area contributed by atoms with Gasteiger partial charge in [-0.05, 0) is 7.05 Å². The molecular formula is C8H14N2O4. The Balaban J connectivity index is 3.73. The second-order valence-electron chi connectivity index (χ2n) is 2.45. The van der Waals surface area contributed by atoms with Crippen molar-refractivity contribution in [2.24, 2.45) is 0 Å². The molecule has 0 heterocycles. The fourth-order valence-electron chi connectivity index (χ4n) is 0.684. The van der Waals surface area contributed by atoms with Crippen LogP contribution in [0.4, 0.5) is 4.79 Å². The molecule has 0 radical (unpaired) electrons. The number of nitrogens with one attached hydrogen (secondary N) is 2. The number of carbonyl (C=O) groups is 2. The number of carboxylic acids is 1. The molecule has 1 atom stereocenters. The minimum Gasteiger partial charge on any atom is -0.480 e. The van der Waals surface area contributed by atoms with E-state index in [9.17, 15) is 9.59 Å². The Morgan fingerprint density at radius 1 is 1.64 bits per heavy atom. The summed E-state index contributed by atoms with van der Waals surface area (Å²) in [5.74, 6) is -1.03. The molecule has 0 unspecified atom stereocenters. The summed E-state index contributed by atoms with van der Waals surface area (Å²) in [4.78, 5) is 21.3. The van der Waals surface area contributed by atoms with Crippen molar-refractivity contribution in [2.75, 3.05) is 20.2 Å². The summed E-state index contributed by atoms with van der Waals surface area (Å²) in [7, 11) is 1.50. The van der Waals surface area contributed by atoms with Crippen molar-refractivity contribution in [1.29, 1.82) is 0 Å². The van der Waals surface area contributed by atoms with Crippen LogP contribution >= 0.6 is 0 Å². The molecule has 6 heteroatoms. The van der Waals surface area contributed by atoms with E-state index in [2.05, 4.69) is 21.9 Å². The van der Waals surface area contributed by atoms with Gasteiger partial charge in [0, 0.05) is 6.54 Å². The Morgan fingerprint density at radius 3 is 2.71 bits per heavy atom. The molecule has 0 aliphatic carbocycles. The van der Waals surface area contributed by atoms with Gasteiger partial charge in [0.15, 0.2) is 0 Å². The van der Waals surface area contributed by atoms with E-state index in [4.69, 9.17) is 5.11 Å². The van der Waals surface area contributed by atoms with Gasteiger partial charge in [0.05, 0.1) is 0 Å². The summed E-state index contributed by atoms with van der Waals surface area (Å²) in [6.07, 6.45) is 0.762. The third-order valence-corrected chi connectivity index (χ3v) is 1.43. The first-order chi connectivity index (χ1) is 6.61. The second-order valence-corrected chi connectivity index (χ2v) is 2.45. The highest BCUT2D eigenvalue weighted by molar-refractivity contribution is 5.75. The van der Waals surface area contributed by atoms with Crippen LogP contribution in [0.25, 0.3) is 0 Å². The van der Waals surface area contributed by atoms with Crippen molar-refractivity contribution in [3.63, 3.8) is 0 Å². The molecular weight excluding hydrogens is 188 g/mol. The molecule has 0 spiro atoms. The second kappa shape index (κ2) is 6.90. The molecule has 0 aliphatic rings. The molecule has 14 heavy (non-hydrogen) atoms. The van der Waals surface area contributed by atoms with Crippen molar-refractivity contribution in [2.45, 2.75) is 6.04 Å². The maximum Gasteiger partial charge on any atom is 0.407 e. The normalized spacial score (nSPS) is 11.5. The highest BCUT2D eigenvalue weighted by atomic mass is 16.5. The number of aliphatic carboxylic acids is 1. The van der Waals surface area contributed by atoms with Crippen LogP contribution in [0.2, 0.25) is 0 Å². The van der Waals surface area contributed by atoms with Gasteiger partial charge < -0.3 is 20.5 Å². The van der Waals surface area contributed by atoms with E-state index >= 15 is 0 Å². The maximum absolute atomic E-state index is 10.8. The monoisotopic (exact) mass is 202 g/mol. The molecule has 0 fully saturated rings. The third kappa shape index (κ3) is 5.15. The number of rotatable bonds is 6. The van der Waals surface area contributed by atoms with Gasteiger partial charge in [-0.2, -0.15) is 0 Å². The lowest BCUT2D eigenvalue weighted by atomic mass is 10.3. The molecule has 0 saturated heterocycles. The summed E-state index contributed by atoms with van der Waals surface area (Å²) in [5.41, 5.74) is 0. The first-order valence-corrected chi connectivity index (χ1v) is 4.03. The van der Waals surface area contributed by atoms with Crippen molar-refractivity contribution < 1.29 is 19.4 Å². The smallest absolute Gasteiger partial charge is 0.407 e. The lowest BCUT2D eigenvalue weighted by Gasteiger charge is -2.11. The summed E-state index contributed by atoms with van der Waals surface area (Å²) in [6.45, 7) is 3.44. The average Bonchev–Trinajstić information content (AvgIpc) is 2.15. The van der Waals surface area contributed by atoms with Crippen LogP contribution < -0.4 is 10.6 Å². The number of amides is 1. The lowest BCUT2D eigenvalue weighted by molar-refractivity contribution is -0.139. The highest BCUT2D eigenvalue weighted by Gasteiger charge is 2.15. The van der Waals surface area contributed by atoms with Crippen LogP contribution in [0.15, 0.2) is 12.7 Å². The first-order valence-electron chi connectivity index (χ1n) is 4.03. The summed E-state index contributed by atoms with van der Waals surface area (Å²) < 4.78 is 4.58. The Kier molecular flexibility index (Phi) is 6.13. The van der Waals surface area contributed by atoms with Gasteiger partial charge in [-0.3, -0.25) is 4.79 Å². The molecule has 0 aliphatic heterocycles. The minimum absolute atomic E-state index is 0.0260. The van der Waals surface area contributed by atoms with E-state index in [1.54, 1.807) is 0 Å². The van der Waals surface area contributed by atoms with Crippen molar-refractivity contribution in [1.82, 2.24) is 10.6 Å². The topological polar surface area (TPSA) is 87.7 Å². The fraction of sp³-hybridized carbons (Fsp3) is 0.500. The van der Waals surface area contributed by atoms with Gasteiger partial charge in [-0.1, -0.05) is 12.7 Å². The number of carbonyl (C=O) groups excluding carboxylic acids is 1. The van der Waals surface area contributed by atoms with E-state index in [0.717, 1.165) is 0 Å². The molecule has 3 N–H and O–H groups in total. The SMILES string of the molecule is C=CCOC(=O)NC[C@H](NC)C(=O)O. The van der Waals surface area contributed by atoms with E-state index in [0.29, 0.717) is 0 Å². The predicted molar refractivity (Wildman–Crippen MR) is 50.0 cm³/mol. The molecule has 0 aromatic carbocycles. The van der Waals surface area contributed by atoms with Gasteiger partial charge in [-0.15, -0.1) is 0 Å². The zero-order valence-corrected chi connectivity index (χ0v) is 7.95. The van der Waals surface area contributed by atoms with Crippen LogP contribution in [-0.2, 0) is 9.53 Å². The van der Waals surface area contributed by atoms with Crippen LogP contribution in [0.5, 0.6) is 0 Å². The Labute approximate surface area is 81.9 Å². The third-order valence-electron chi connectivity index (χ3n) is 1.43. The first kappa shape index (κ1) is 12.4. The summed E-state index contributed by atoms with van der Waals surface area (Å²) >= 11 is 0. The number of ether oxygens (including phenoxy) is 1. The fourth-order valence-corrected chi connectivity index (χ4v) is 0.684. The van der Waals surface area contributed by atoms with E-state index in [-0.39, 0.29) is 13.2 Å². The van der Waals surface area contributed by atoms with Crippen molar-refractivity contribution in [3.8, 4) is 0 Å². The van der Waals surface area contributed by atoms with Crippen LogP contribution in [0.3, 0.4) is 0 Å². The molecule has 6 nitrogen and oxygen atoms in total. The van der Waals surface area contributed by atoms with E-state index in [1.807, 2.05) is 0 Å². The minimum atomic E-state index is -1.03. The standard InChI is InChI=1S/C8H14N2O4/c1-3-4-14-8(13)10-5-6(9-2)7(11)12/h3,6,9H,1,4-5H2,2H3,(H,10,13)(H,11,12)/t6-/m0/s1. The number of hydrogen-bond donors (Lipinski definition) is 3. The zero-order chi connectivity index (χ0) is 11.0. The number of alkyl carbamates (subject to hydrolysis) is 1. The predicted octanol–water partition coefficient (Wildman–Crippen LogP) is -0.429. The average molecular weight is 202 g/mol. The van der Waals surface area contributed by atoms with E-state index < -0.39 is 18.1 Å². The Bertz CT molecular complexity index is 217. The molecule has 0 saturated carbocycles. The van der Waals surface area contributed by atoms with E-state index in [1.165, 1.54) is 13.1 Å². The molecule has 0 aromatic heterocycles. The summed E-state index contributed by atoms with van der Waals surface area (Å²) in [6, 6.07) is -0.814. The molecule has 0 bridgehead atoms. The quantitative estimate of drug-likeness (QED) is 0.509. The van der Waals surface area contributed by atoms with Gasteiger partial charge in [-0.25, -0.2) is 4.79 Å². The van der Waals surface area contributed by atoms with Crippen LogP contribution in [-0.4, -0.2) is 43.4 Å². The van der Waals surface area contributed by atoms with Gasteiger partial charge in [0.2, 0.25) is 0 Å². The van der Waals surface area contributed by atoms with Gasteiger partial charge in [0.1, 0.15) is 12.6 Å². The number of carboxylic acid groups (broad SMARTS) is 1. The summed E-state index contributed by atoms with van der Waals surface area (Å²) in [5, 5.41) is 13.4. The molecule has 0 aromatic rings. The highest BCUT2D eigenvalue weighted by Crippen LogP contribution is 1.83. The number of hydrogen-bond acceptors (Lipinski definition) is 4. The number of likely N-dealkylation sites (N-methyl/N-ethyl adjacent to an activating group) is 1. The van der Waals surface area contributed by atoms with Gasteiger partial charge in [0.25, 0.3) is 0 Å². The largest absolute Gasteiger partial charge is 0.480 e. The lowest BCUT2D eigenvalue weighted by Crippen LogP contribution is -2.44. The molecule has 0 rings (SSSR count). The van der Waals surface area contributed by atoms with Gasteiger partial charge >= 0.3 is 12.1 Å². The van der Waals surface area contributed by atoms with Crippen molar-refractivity contribution >= 4 is 12.1 Å². The Morgan fingerprint density at radius 2 is 2.29 bits per heavy atom. The zero-order valence-electron chi connectivity index (χ0n) is 7.95.